The van der Waals surface area contributed by atoms with Gasteiger partial charge in [0.15, 0.2) is 0 Å². The number of esters is 1. The van der Waals surface area contributed by atoms with Crippen LogP contribution in [0.25, 0.3) is 0 Å². The van der Waals surface area contributed by atoms with E-state index in [-0.39, 0.29) is 11.2 Å². The van der Waals surface area contributed by atoms with Gasteiger partial charge in [-0.2, -0.15) is 11.8 Å². The lowest BCUT2D eigenvalue weighted by Gasteiger charge is -2.24. The van der Waals surface area contributed by atoms with Gasteiger partial charge < -0.3 is 23.3 Å². The van der Waals surface area contributed by atoms with Gasteiger partial charge in [0.2, 0.25) is 5.91 Å². The molecule has 1 fully saturated rings. The summed E-state index contributed by atoms with van der Waals surface area (Å²) in [6.45, 7) is 4.76. The molecule has 1 unspecified atom stereocenters. The Labute approximate surface area is 171 Å². The fraction of sp³-hybridized carbons (Fsp3) is 0.647. The molecule has 1 N–H and O–H groups in total. The SMILES string of the molecule is C=C1CSCC(COC(=O)/C=C/C(=O)NCCC[Si](OC)(OC)OC)SC1. The molecule has 27 heavy (non-hydrogen) atoms. The number of hydrogen-bond donors (Lipinski definition) is 1. The van der Waals surface area contributed by atoms with E-state index >= 15 is 0 Å². The van der Waals surface area contributed by atoms with Crippen LogP contribution in [0, 0.1) is 0 Å². The fourth-order valence-electron chi connectivity index (χ4n) is 2.25. The zero-order valence-corrected chi connectivity index (χ0v) is 18.8. The zero-order valence-electron chi connectivity index (χ0n) is 16.2. The van der Waals surface area contributed by atoms with Crippen LogP contribution in [0.4, 0.5) is 0 Å². The van der Waals surface area contributed by atoms with E-state index in [2.05, 4.69) is 11.9 Å². The highest BCUT2D eigenvalue weighted by molar-refractivity contribution is 8.04. The number of nitrogens with one attached hydrogen (secondary N) is 1. The molecule has 0 aromatic heterocycles. The molecule has 0 aliphatic carbocycles. The summed E-state index contributed by atoms with van der Waals surface area (Å²) in [6, 6.07) is 0.589. The second kappa shape index (κ2) is 13.4. The largest absolute Gasteiger partial charge is 0.500 e. The lowest BCUT2D eigenvalue weighted by molar-refractivity contribution is -0.137. The van der Waals surface area contributed by atoms with Crippen molar-refractivity contribution in [3.63, 3.8) is 0 Å². The summed E-state index contributed by atoms with van der Waals surface area (Å²) in [5.74, 6) is 1.93. The van der Waals surface area contributed by atoms with Crippen molar-refractivity contribution in [2.75, 3.05) is 51.7 Å². The van der Waals surface area contributed by atoms with E-state index in [1.807, 2.05) is 0 Å². The van der Waals surface area contributed by atoms with Crippen molar-refractivity contribution in [2.24, 2.45) is 0 Å². The Morgan fingerprint density at radius 2 is 1.93 bits per heavy atom. The molecule has 1 heterocycles. The van der Waals surface area contributed by atoms with E-state index in [0.29, 0.717) is 25.6 Å². The summed E-state index contributed by atoms with van der Waals surface area (Å²) < 4.78 is 21.2. The lowest BCUT2D eigenvalue weighted by Crippen LogP contribution is -2.43. The van der Waals surface area contributed by atoms with E-state index in [9.17, 15) is 9.59 Å². The molecular weight excluding hydrogens is 406 g/mol. The van der Waals surface area contributed by atoms with Crippen LogP contribution < -0.4 is 5.32 Å². The lowest BCUT2D eigenvalue weighted by atomic mass is 10.4. The topological polar surface area (TPSA) is 83.1 Å². The molecule has 1 atom stereocenters. The molecule has 0 saturated carbocycles. The molecule has 1 saturated heterocycles. The third-order valence-electron chi connectivity index (χ3n) is 3.81. The van der Waals surface area contributed by atoms with Crippen LogP contribution in [-0.2, 0) is 27.6 Å². The maximum absolute atomic E-state index is 11.8. The van der Waals surface area contributed by atoms with Crippen molar-refractivity contribution >= 4 is 44.2 Å². The van der Waals surface area contributed by atoms with E-state index in [0.717, 1.165) is 23.3 Å². The zero-order chi connectivity index (χ0) is 20.1. The van der Waals surface area contributed by atoms with Gasteiger partial charge in [-0.3, -0.25) is 4.79 Å². The molecule has 7 nitrogen and oxygen atoms in total. The van der Waals surface area contributed by atoms with Crippen molar-refractivity contribution in [3.05, 3.63) is 24.3 Å². The molecule has 1 aliphatic heterocycles. The fourth-order valence-corrected chi connectivity index (χ4v) is 6.39. The van der Waals surface area contributed by atoms with Gasteiger partial charge in [-0.05, 0) is 6.42 Å². The van der Waals surface area contributed by atoms with Gasteiger partial charge in [-0.1, -0.05) is 12.2 Å². The van der Waals surface area contributed by atoms with Crippen LogP contribution in [0.1, 0.15) is 6.42 Å². The normalized spacial score (nSPS) is 18.3. The Morgan fingerprint density at radius 1 is 1.22 bits per heavy atom. The first-order valence-electron chi connectivity index (χ1n) is 8.58. The Hall–Kier alpha value is -0.783. The summed E-state index contributed by atoms with van der Waals surface area (Å²) in [4.78, 5) is 23.5. The first kappa shape index (κ1) is 24.3. The van der Waals surface area contributed by atoms with Gasteiger partial charge in [0.05, 0.1) is 0 Å². The molecule has 1 amide bonds. The number of rotatable bonds is 11. The van der Waals surface area contributed by atoms with Crippen molar-refractivity contribution in [1.29, 1.82) is 0 Å². The molecule has 1 rings (SSSR count). The van der Waals surface area contributed by atoms with Gasteiger partial charge >= 0.3 is 14.8 Å². The Morgan fingerprint density at radius 3 is 2.59 bits per heavy atom. The molecule has 0 aromatic rings. The maximum atomic E-state index is 11.8. The molecule has 1 aliphatic rings. The van der Waals surface area contributed by atoms with Crippen molar-refractivity contribution < 1.29 is 27.6 Å². The monoisotopic (exact) mass is 435 g/mol. The van der Waals surface area contributed by atoms with Crippen molar-refractivity contribution in [2.45, 2.75) is 17.7 Å². The van der Waals surface area contributed by atoms with Crippen LogP contribution in [0.15, 0.2) is 24.3 Å². The molecule has 0 spiro atoms. The summed E-state index contributed by atoms with van der Waals surface area (Å²) in [5.41, 5.74) is 1.21. The summed E-state index contributed by atoms with van der Waals surface area (Å²) in [7, 11) is 2.04. The van der Waals surface area contributed by atoms with Gasteiger partial charge in [-0.15, -0.1) is 11.8 Å². The van der Waals surface area contributed by atoms with Crippen LogP contribution in [-0.4, -0.2) is 77.7 Å². The number of carbonyl (C=O) groups is 2. The predicted molar refractivity (Wildman–Crippen MR) is 112 cm³/mol. The molecule has 10 heteroatoms. The average molecular weight is 436 g/mol. The standard InChI is InChI=1S/C17H29NO6S2Si/c1-14-11-25-13-15(26-12-14)10-24-17(20)7-6-16(19)18-8-5-9-27(21-2,22-3)23-4/h6-7,15H,1,5,8-13H2,2-4H3,(H,18,19)/b7-6+. The summed E-state index contributed by atoms with van der Waals surface area (Å²) >= 11 is 3.55. The van der Waals surface area contributed by atoms with Crippen LogP contribution in [0.3, 0.4) is 0 Å². The third-order valence-corrected chi connectivity index (χ3v) is 9.45. The first-order valence-corrected chi connectivity index (χ1v) is 12.7. The summed E-state index contributed by atoms with van der Waals surface area (Å²) in [6.07, 6.45) is 2.99. The van der Waals surface area contributed by atoms with Crippen LogP contribution >= 0.6 is 23.5 Å². The predicted octanol–water partition coefficient (Wildman–Crippen LogP) is 1.88. The molecule has 154 valence electrons. The quantitative estimate of drug-likeness (QED) is 0.173. The minimum atomic E-state index is -2.61. The van der Waals surface area contributed by atoms with Gasteiger partial charge in [0.1, 0.15) is 6.61 Å². The highest BCUT2D eigenvalue weighted by Crippen LogP contribution is 2.25. The molecule has 0 bridgehead atoms. The van der Waals surface area contributed by atoms with Crippen molar-refractivity contribution in [1.82, 2.24) is 5.32 Å². The highest BCUT2D eigenvalue weighted by atomic mass is 32.2. The number of ether oxygens (including phenoxy) is 1. The van der Waals surface area contributed by atoms with Crippen molar-refractivity contribution in [3.8, 4) is 0 Å². The summed E-state index contributed by atoms with van der Waals surface area (Å²) in [5, 5.41) is 2.96. The molecule has 0 aromatic carbocycles. The second-order valence-corrected chi connectivity index (χ2v) is 11.3. The number of carbonyl (C=O) groups excluding carboxylic acids is 2. The van der Waals surface area contributed by atoms with Gasteiger partial charge in [0, 0.05) is 68.6 Å². The second-order valence-electron chi connectivity index (χ2n) is 5.85. The van der Waals surface area contributed by atoms with Gasteiger partial charge in [0.25, 0.3) is 0 Å². The first-order chi connectivity index (χ1) is 12.9. The smallest absolute Gasteiger partial charge is 0.461 e. The average Bonchev–Trinajstić information content (AvgIpc) is 2.89. The third kappa shape index (κ3) is 9.81. The molecule has 0 radical (unpaired) electrons. The van der Waals surface area contributed by atoms with E-state index in [1.165, 1.54) is 11.6 Å². The highest BCUT2D eigenvalue weighted by Gasteiger charge is 2.36. The number of amides is 1. The number of hydrogen-bond acceptors (Lipinski definition) is 8. The van der Waals surface area contributed by atoms with E-state index in [4.69, 9.17) is 18.0 Å². The van der Waals surface area contributed by atoms with Crippen LogP contribution in [0.2, 0.25) is 6.04 Å². The molecular formula is C17H29NO6S2Si. The van der Waals surface area contributed by atoms with Gasteiger partial charge in [-0.25, -0.2) is 4.79 Å². The Balaban J connectivity index is 2.22. The minimum absolute atomic E-state index is 0.257. The minimum Gasteiger partial charge on any atom is -0.461 e. The maximum Gasteiger partial charge on any atom is 0.500 e. The van der Waals surface area contributed by atoms with E-state index in [1.54, 1.807) is 44.9 Å². The Bertz CT molecular complexity index is 519. The van der Waals surface area contributed by atoms with Crippen LogP contribution in [0.5, 0.6) is 0 Å². The Kier molecular flexibility index (Phi) is 12.0. The van der Waals surface area contributed by atoms with E-state index < -0.39 is 14.8 Å². The number of thioether (sulfide) groups is 2.